The SMILES string of the molecule is CCc1cn2c(nc1=O)O[C@H]1[C@H]2OC(CO)[C@@H]1O. The highest BCUT2D eigenvalue weighted by Gasteiger charge is 2.51. The predicted octanol–water partition coefficient (Wildman–Crippen LogP) is -1.18. The van der Waals surface area contributed by atoms with Gasteiger partial charge in [0, 0.05) is 11.8 Å². The van der Waals surface area contributed by atoms with Crippen LogP contribution in [0.3, 0.4) is 0 Å². The Labute approximate surface area is 103 Å². The van der Waals surface area contributed by atoms with Gasteiger partial charge in [-0.15, -0.1) is 0 Å². The summed E-state index contributed by atoms with van der Waals surface area (Å²) in [7, 11) is 0. The number of ether oxygens (including phenoxy) is 2. The van der Waals surface area contributed by atoms with E-state index in [1.54, 1.807) is 10.8 Å². The molecule has 1 saturated heterocycles. The van der Waals surface area contributed by atoms with Crippen LogP contribution < -0.4 is 10.3 Å². The second-order valence-electron chi connectivity index (χ2n) is 4.44. The fourth-order valence-corrected chi connectivity index (χ4v) is 2.35. The molecular weight excluding hydrogens is 240 g/mol. The molecule has 2 N–H and O–H groups in total. The largest absolute Gasteiger partial charge is 0.453 e. The summed E-state index contributed by atoms with van der Waals surface area (Å²) in [5.41, 5.74) is 0.241. The molecule has 0 aromatic carbocycles. The Morgan fingerprint density at radius 2 is 2.33 bits per heavy atom. The zero-order valence-corrected chi connectivity index (χ0v) is 9.81. The standard InChI is InChI=1S/C11H14N2O5/c1-2-5-3-13-10-8(7(15)6(4-14)17-10)18-11(13)12-9(5)16/h3,6-8,10,14-15H,2,4H2,1H3/t6?,7-,8+,10+/m0/s1. The molecule has 1 aromatic rings. The minimum absolute atomic E-state index is 0.155. The molecule has 2 aliphatic heterocycles. The number of aliphatic hydroxyl groups is 2. The van der Waals surface area contributed by atoms with E-state index in [-0.39, 0.29) is 18.2 Å². The number of fused-ring (bicyclic) bond motifs is 3. The first kappa shape index (κ1) is 11.6. The van der Waals surface area contributed by atoms with Crippen molar-refractivity contribution in [2.75, 3.05) is 6.61 Å². The summed E-state index contributed by atoms with van der Waals surface area (Å²) < 4.78 is 12.5. The number of hydrogen-bond acceptors (Lipinski definition) is 6. The fraction of sp³-hybridized carbons (Fsp3) is 0.636. The number of aromatic nitrogens is 2. The molecule has 7 nitrogen and oxygen atoms in total. The third-order valence-corrected chi connectivity index (χ3v) is 3.38. The van der Waals surface area contributed by atoms with Gasteiger partial charge < -0.3 is 19.7 Å². The van der Waals surface area contributed by atoms with Crippen molar-refractivity contribution < 1.29 is 19.7 Å². The second-order valence-corrected chi connectivity index (χ2v) is 4.44. The van der Waals surface area contributed by atoms with Crippen molar-refractivity contribution in [2.24, 2.45) is 0 Å². The van der Waals surface area contributed by atoms with E-state index in [4.69, 9.17) is 14.6 Å². The Morgan fingerprint density at radius 1 is 1.56 bits per heavy atom. The summed E-state index contributed by atoms with van der Waals surface area (Å²) in [4.78, 5) is 15.4. The van der Waals surface area contributed by atoms with E-state index >= 15 is 0 Å². The molecule has 0 radical (unpaired) electrons. The van der Waals surface area contributed by atoms with Gasteiger partial charge in [-0.05, 0) is 6.42 Å². The average molecular weight is 254 g/mol. The highest BCUT2D eigenvalue weighted by atomic mass is 16.6. The zero-order chi connectivity index (χ0) is 12.9. The molecule has 1 aromatic heterocycles. The van der Waals surface area contributed by atoms with Crippen LogP contribution in [0.1, 0.15) is 18.7 Å². The molecule has 1 fully saturated rings. The van der Waals surface area contributed by atoms with Crippen LogP contribution in [0, 0.1) is 0 Å². The van der Waals surface area contributed by atoms with E-state index in [1.165, 1.54) is 0 Å². The first-order valence-corrected chi connectivity index (χ1v) is 5.88. The Hall–Kier alpha value is -1.44. The summed E-state index contributed by atoms with van der Waals surface area (Å²) >= 11 is 0. The fourth-order valence-electron chi connectivity index (χ4n) is 2.35. The van der Waals surface area contributed by atoms with Crippen molar-refractivity contribution in [1.29, 1.82) is 0 Å². The second kappa shape index (κ2) is 4.04. The van der Waals surface area contributed by atoms with Crippen LogP contribution in [0.5, 0.6) is 6.01 Å². The smallest absolute Gasteiger partial charge is 0.302 e. The van der Waals surface area contributed by atoms with E-state index in [9.17, 15) is 9.90 Å². The summed E-state index contributed by atoms with van der Waals surface area (Å²) in [6.07, 6.45) is -0.552. The lowest BCUT2D eigenvalue weighted by Crippen LogP contribution is -2.34. The van der Waals surface area contributed by atoms with E-state index in [0.29, 0.717) is 12.0 Å². The molecule has 98 valence electrons. The molecule has 0 amide bonds. The van der Waals surface area contributed by atoms with Crippen LogP contribution in [0.25, 0.3) is 0 Å². The molecular formula is C11H14N2O5. The number of nitrogens with zero attached hydrogens (tertiary/aromatic N) is 2. The van der Waals surface area contributed by atoms with Crippen molar-refractivity contribution in [1.82, 2.24) is 9.55 Å². The number of rotatable bonds is 2. The van der Waals surface area contributed by atoms with E-state index in [1.807, 2.05) is 6.92 Å². The monoisotopic (exact) mass is 254 g/mol. The molecule has 0 spiro atoms. The molecule has 3 rings (SSSR count). The average Bonchev–Trinajstić information content (AvgIpc) is 2.85. The highest BCUT2D eigenvalue weighted by molar-refractivity contribution is 5.16. The van der Waals surface area contributed by atoms with Gasteiger partial charge in [0.25, 0.3) is 5.56 Å². The van der Waals surface area contributed by atoms with Gasteiger partial charge in [0.05, 0.1) is 6.61 Å². The van der Waals surface area contributed by atoms with E-state index < -0.39 is 24.5 Å². The first-order chi connectivity index (χ1) is 8.65. The maximum absolute atomic E-state index is 11.6. The van der Waals surface area contributed by atoms with Gasteiger partial charge in [0.15, 0.2) is 12.3 Å². The number of aryl methyl sites for hydroxylation is 1. The van der Waals surface area contributed by atoms with Gasteiger partial charge in [0.2, 0.25) is 0 Å². The molecule has 4 atom stereocenters. The minimum atomic E-state index is -0.929. The lowest BCUT2D eigenvalue weighted by Gasteiger charge is -2.14. The first-order valence-electron chi connectivity index (χ1n) is 5.88. The highest BCUT2D eigenvalue weighted by Crippen LogP contribution is 2.38. The van der Waals surface area contributed by atoms with Gasteiger partial charge in [-0.1, -0.05) is 6.92 Å². The predicted molar refractivity (Wildman–Crippen MR) is 59.3 cm³/mol. The van der Waals surface area contributed by atoms with Crippen LogP contribution in [0.4, 0.5) is 0 Å². The lowest BCUT2D eigenvalue weighted by molar-refractivity contribution is -0.0435. The Bertz CT molecular complexity index is 529. The van der Waals surface area contributed by atoms with Gasteiger partial charge in [-0.25, -0.2) is 0 Å². The Kier molecular flexibility index (Phi) is 2.61. The van der Waals surface area contributed by atoms with E-state index in [2.05, 4.69) is 4.98 Å². The Balaban J connectivity index is 2.01. The van der Waals surface area contributed by atoms with Crippen LogP contribution in [-0.2, 0) is 11.2 Å². The van der Waals surface area contributed by atoms with Crippen LogP contribution in [0.15, 0.2) is 11.0 Å². The summed E-state index contributed by atoms with van der Waals surface area (Å²) in [5, 5.41) is 19.0. The maximum Gasteiger partial charge on any atom is 0.302 e. The molecule has 18 heavy (non-hydrogen) atoms. The van der Waals surface area contributed by atoms with Gasteiger partial charge in [-0.3, -0.25) is 9.36 Å². The summed E-state index contributed by atoms with van der Waals surface area (Å²) in [5.74, 6) is 0. The Morgan fingerprint density at radius 3 is 3.00 bits per heavy atom. The maximum atomic E-state index is 11.6. The topological polar surface area (TPSA) is 93.8 Å². The molecule has 3 heterocycles. The zero-order valence-electron chi connectivity index (χ0n) is 9.81. The number of aliphatic hydroxyl groups excluding tert-OH is 2. The van der Waals surface area contributed by atoms with Crippen LogP contribution >= 0.6 is 0 Å². The molecule has 0 saturated carbocycles. The quantitative estimate of drug-likeness (QED) is 0.690. The lowest BCUT2D eigenvalue weighted by atomic mass is 10.1. The van der Waals surface area contributed by atoms with Crippen LogP contribution in [0.2, 0.25) is 0 Å². The molecule has 0 bridgehead atoms. The normalized spacial score (nSPS) is 33.1. The molecule has 7 heteroatoms. The summed E-state index contributed by atoms with van der Waals surface area (Å²) in [6.45, 7) is 1.58. The van der Waals surface area contributed by atoms with Crippen molar-refractivity contribution >= 4 is 0 Å². The summed E-state index contributed by atoms with van der Waals surface area (Å²) in [6, 6.07) is 0.155. The third kappa shape index (κ3) is 1.48. The van der Waals surface area contributed by atoms with Crippen molar-refractivity contribution in [2.45, 2.75) is 37.9 Å². The van der Waals surface area contributed by atoms with Gasteiger partial charge >= 0.3 is 6.01 Å². The van der Waals surface area contributed by atoms with Crippen LogP contribution in [-0.4, -0.2) is 44.7 Å². The minimum Gasteiger partial charge on any atom is -0.453 e. The van der Waals surface area contributed by atoms with Crippen molar-refractivity contribution in [3.8, 4) is 6.01 Å². The van der Waals surface area contributed by atoms with Gasteiger partial charge in [-0.2, -0.15) is 4.98 Å². The van der Waals surface area contributed by atoms with Gasteiger partial charge in [0.1, 0.15) is 12.2 Å². The van der Waals surface area contributed by atoms with Crippen molar-refractivity contribution in [3.63, 3.8) is 0 Å². The third-order valence-electron chi connectivity index (χ3n) is 3.38. The molecule has 2 aliphatic rings. The van der Waals surface area contributed by atoms with E-state index in [0.717, 1.165) is 0 Å². The molecule has 0 aliphatic carbocycles. The number of hydrogen-bond donors (Lipinski definition) is 2. The van der Waals surface area contributed by atoms with Crippen molar-refractivity contribution in [3.05, 3.63) is 22.1 Å². The molecule has 1 unspecified atom stereocenters.